The summed E-state index contributed by atoms with van der Waals surface area (Å²) in [5.74, 6) is -0.823. The van der Waals surface area contributed by atoms with Crippen LogP contribution in [0.15, 0.2) is 53.3 Å². The van der Waals surface area contributed by atoms with Crippen LogP contribution in [0.1, 0.15) is 17.5 Å². The quantitative estimate of drug-likeness (QED) is 0.465. The van der Waals surface area contributed by atoms with Crippen molar-refractivity contribution < 1.29 is 13.3 Å². The SMILES string of the molecule is Fc1cc(F)cc(-c2noc3ncnc(NCCCN4CCc5ccccc5C4)c23)c1. The molecular formula is C23H21F2N5O. The Morgan fingerprint density at radius 3 is 2.68 bits per heavy atom. The van der Waals surface area contributed by atoms with Crippen molar-refractivity contribution in [2.24, 2.45) is 0 Å². The summed E-state index contributed by atoms with van der Waals surface area (Å²) in [5, 5.41) is 7.79. The molecule has 8 heteroatoms. The molecule has 0 radical (unpaired) electrons. The number of nitrogens with one attached hydrogen (secondary N) is 1. The molecule has 2 aromatic carbocycles. The van der Waals surface area contributed by atoms with Gasteiger partial charge in [0.05, 0.1) is 0 Å². The highest BCUT2D eigenvalue weighted by Crippen LogP contribution is 2.32. The molecular weight excluding hydrogens is 400 g/mol. The zero-order valence-electron chi connectivity index (χ0n) is 16.8. The average Bonchev–Trinajstić information content (AvgIpc) is 3.21. The molecule has 3 heterocycles. The molecule has 2 aromatic heterocycles. The summed E-state index contributed by atoms with van der Waals surface area (Å²) in [4.78, 5) is 10.8. The standard InChI is InChI=1S/C23H21F2N5O/c24-18-10-17(11-19(25)12-18)21-20-22(27-14-28-23(20)31-29-21)26-7-3-8-30-9-6-15-4-1-2-5-16(15)13-30/h1-2,4-5,10-12,14H,3,6-9,13H2,(H,26,27,28). The van der Waals surface area contributed by atoms with Gasteiger partial charge in [-0.3, -0.25) is 4.90 Å². The van der Waals surface area contributed by atoms with E-state index in [9.17, 15) is 8.78 Å². The smallest absolute Gasteiger partial charge is 0.263 e. The van der Waals surface area contributed by atoms with Crippen LogP contribution < -0.4 is 5.32 Å². The number of rotatable bonds is 6. The number of anilines is 1. The van der Waals surface area contributed by atoms with E-state index in [1.807, 2.05) is 0 Å². The first-order valence-electron chi connectivity index (χ1n) is 10.3. The van der Waals surface area contributed by atoms with E-state index in [4.69, 9.17) is 4.52 Å². The van der Waals surface area contributed by atoms with Crippen molar-refractivity contribution in [3.8, 4) is 11.3 Å². The number of halogens is 2. The fraction of sp³-hybridized carbons (Fsp3) is 0.261. The number of hydrogen-bond acceptors (Lipinski definition) is 6. The van der Waals surface area contributed by atoms with E-state index in [2.05, 4.69) is 49.6 Å². The van der Waals surface area contributed by atoms with Gasteiger partial charge in [0, 0.05) is 37.8 Å². The summed E-state index contributed by atoms with van der Waals surface area (Å²) >= 11 is 0. The van der Waals surface area contributed by atoms with Crippen LogP contribution in [-0.4, -0.2) is 39.7 Å². The summed E-state index contributed by atoms with van der Waals surface area (Å²) in [6, 6.07) is 11.8. The van der Waals surface area contributed by atoms with E-state index in [0.29, 0.717) is 23.4 Å². The van der Waals surface area contributed by atoms with Gasteiger partial charge in [0.25, 0.3) is 5.71 Å². The summed E-state index contributed by atoms with van der Waals surface area (Å²) in [6.45, 7) is 3.66. The van der Waals surface area contributed by atoms with Crippen LogP contribution in [0.4, 0.5) is 14.6 Å². The molecule has 4 aromatic rings. The van der Waals surface area contributed by atoms with Crippen molar-refractivity contribution in [1.29, 1.82) is 0 Å². The number of nitrogens with zero attached hydrogens (tertiary/aromatic N) is 4. The molecule has 158 valence electrons. The van der Waals surface area contributed by atoms with E-state index < -0.39 is 11.6 Å². The lowest BCUT2D eigenvalue weighted by Crippen LogP contribution is -2.32. The number of hydrogen-bond donors (Lipinski definition) is 1. The molecule has 0 bridgehead atoms. The Balaban J connectivity index is 1.27. The van der Waals surface area contributed by atoms with Crippen molar-refractivity contribution in [2.75, 3.05) is 25.0 Å². The van der Waals surface area contributed by atoms with Gasteiger partial charge in [0.2, 0.25) is 0 Å². The third kappa shape index (κ3) is 4.11. The normalized spacial score (nSPS) is 14.0. The van der Waals surface area contributed by atoms with Crippen LogP contribution in [0.25, 0.3) is 22.4 Å². The van der Waals surface area contributed by atoms with E-state index >= 15 is 0 Å². The highest BCUT2D eigenvalue weighted by molar-refractivity contribution is 5.97. The van der Waals surface area contributed by atoms with Crippen molar-refractivity contribution in [1.82, 2.24) is 20.0 Å². The summed E-state index contributed by atoms with van der Waals surface area (Å²) in [5.41, 5.74) is 3.69. The molecule has 6 nitrogen and oxygen atoms in total. The summed E-state index contributed by atoms with van der Waals surface area (Å²) < 4.78 is 32.6. The van der Waals surface area contributed by atoms with Gasteiger partial charge in [-0.1, -0.05) is 29.4 Å². The molecule has 0 fully saturated rings. The lowest BCUT2D eigenvalue weighted by molar-refractivity contribution is 0.253. The maximum absolute atomic E-state index is 13.7. The molecule has 0 amide bonds. The highest BCUT2D eigenvalue weighted by atomic mass is 19.1. The fourth-order valence-corrected chi connectivity index (χ4v) is 4.06. The van der Waals surface area contributed by atoms with E-state index in [0.717, 1.165) is 38.5 Å². The maximum atomic E-state index is 13.7. The van der Waals surface area contributed by atoms with Crippen LogP contribution in [0.2, 0.25) is 0 Å². The van der Waals surface area contributed by atoms with Gasteiger partial charge in [0.15, 0.2) is 0 Å². The third-order valence-corrected chi connectivity index (χ3v) is 5.56. The Hall–Kier alpha value is -3.39. The van der Waals surface area contributed by atoms with Crippen LogP contribution in [0.3, 0.4) is 0 Å². The monoisotopic (exact) mass is 421 g/mol. The summed E-state index contributed by atoms with van der Waals surface area (Å²) in [7, 11) is 0. The Morgan fingerprint density at radius 1 is 1.03 bits per heavy atom. The number of fused-ring (bicyclic) bond motifs is 2. The Morgan fingerprint density at radius 2 is 1.84 bits per heavy atom. The van der Waals surface area contributed by atoms with Crippen LogP contribution >= 0.6 is 0 Å². The molecule has 0 spiro atoms. The van der Waals surface area contributed by atoms with Crippen molar-refractivity contribution in [2.45, 2.75) is 19.4 Å². The zero-order chi connectivity index (χ0) is 21.2. The minimum Gasteiger partial charge on any atom is -0.369 e. The van der Waals surface area contributed by atoms with Crippen LogP contribution in [-0.2, 0) is 13.0 Å². The minimum absolute atomic E-state index is 0.268. The molecule has 0 saturated carbocycles. The topological polar surface area (TPSA) is 67.1 Å². The summed E-state index contributed by atoms with van der Waals surface area (Å²) in [6.07, 6.45) is 3.38. The molecule has 0 saturated heterocycles. The first-order valence-corrected chi connectivity index (χ1v) is 10.3. The molecule has 1 aliphatic rings. The fourth-order valence-electron chi connectivity index (χ4n) is 4.06. The maximum Gasteiger partial charge on any atom is 0.263 e. The second kappa shape index (κ2) is 8.39. The molecule has 1 aliphatic heterocycles. The highest BCUT2D eigenvalue weighted by Gasteiger charge is 2.18. The molecule has 0 atom stereocenters. The third-order valence-electron chi connectivity index (χ3n) is 5.56. The zero-order valence-corrected chi connectivity index (χ0v) is 16.8. The van der Waals surface area contributed by atoms with E-state index in [1.54, 1.807) is 0 Å². The van der Waals surface area contributed by atoms with Gasteiger partial charge in [-0.05, 0) is 36.1 Å². The van der Waals surface area contributed by atoms with Crippen LogP contribution in [0, 0.1) is 11.6 Å². The van der Waals surface area contributed by atoms with Crippen molar-refractivity contribution in [3.05, 3.63) is 71.6 Å². The second-order valence-electron chi connectivity index (χ2n) is 7.67. The predicted octanol–water partition coefficient (Wildman–Crippen LogP) is 4.42. The predicted molar refractivity (Wildman–Crippen MR) is 113 cm³/mol. The number of aromatic nitrogens is 3. The van der Waals surface area contributed by atoms with Crippen molar-refractivity contribution in [3.63, 3.8) is 0 Å². The molecule has 31 heavy (non-hydrogen) atoms. The first kappa shape index (κ1) is 19.6. The molecule has 5 rings (SSSR count). The van der Waals surface area contributed by atoms with Crippen LogP contribution in [0.5, 0.6) is 0 Å². The minimum atomic E-state index is -0.680. The lowest BCUT2D eigenvalue weighted by atomic mass is 10.00. The first-order chi connectivity index (χ1) is 15.2. The van der Waals surface area contributed by atoms with Gasteiger partial charge in [-0.2, -0.15) is 4.98 Å². The number of benzene rings is 2. The van der Waals surface area contributed by atoms with E-state index in [-0.39, 0.29) is 11.3 Å². The van der Waals surface area contributed by atoms with Gasteiger partial charge in [-0.15, -0.1) is 0 Å². The van der Waals surface area contributed by atoms with Gasteiger partial charge < -0.3 is 9.84 Å². The Kier molecular flexibility index (Phi) is 5.30. The van der Waals surface area contributed by atoms with Crippen molar-refractivity contribution >= 4 is 16.9 Å². The molecule has 0 aliphatic carbocycles. The van der Waals surface area contributed by atoms with Gasteiger partial charge in [0.1, 0.15) is 34.9 Å². The molecule has 1 N–H and O–H groups in total. The van der Waals surface area contributed by atoms with E-state index in [1.165, 1.54) is 29.6 Å². The Labute approximate surface area is 177 Å². The second-order valence-corrected chi connectivity index (χ2v) is 7.67. The van der Waals surface area contributed by atoms with Gasteiger partial charge in [-0.25, -0.2) is 13.8 Å². The largest absolute Gasteiger partial charge is 0.369 e. The molecule has 0 unspecified atom stereocenters. The lowest BCUT2D eigenvalue weighted by Gasteiger charge is -2.28. The average molecular weight is 421 g/mol. The van der Waals surface area contributed by atoms with Gasteiger partial charge >= 0.3 is 0 Å². The Bertz CT molecular complexity index is 1210.